The zero-order chi connectivity index (χ0) is 6.85. The SMILES string of the molecule is Nc1ccc(S)c(Br)c1. The Morgan fingerprint density at radius 2 is 2.11 bits per heavy atom. The second kappa shape index (κ2) is 2.62. The Morgan fingerprint density at radius 1 is 1.44 bits per heavy atom. The summed E-state index contributed by atoms with van der Waals surface area (Å²) >= 11 is 7.43. The highest BCUT2D eigenvalue weighted by molar-refractivity contribution is 9.10. The molecule has 3 heteroatoms. The second-order valence-electron chi connectivity index (χ2n) is 1.71. The molecule has 0 aliphatic heterocycles. The molecule has 0 fully saturated rings. The van der Waals surface area contributed by atoms with Crippen molar-refractivity contribution in [2.45, 2.75) is 4.90 Å². The molecule has 1 aromatic carbocycles. The molecule has 0 amide bonds. The van der Waals surface area contributed by atoms with Crippen LogP contribution in [0.5, 0.6) is 0 Å². The highest BCUT2D eigenvalue weighted by Crippen LogP contribution is 2.22. The first-order valence-electron chi connectivity index (χ1n) is 2.44. The van der Waals surface area contributed by atoms with Crippen molar-refractivity contribution < 1.29 is 0 Å². The molecule has 0 unspecified atom stereocenters. The maximum absolute atomic E-state index is 5.46. The van der Waals surface area contributed by atoms with Crippen LogP contribution in [-0.2, 0) is 0 Å². The first-order valence-corrected chi connectivity index (χ1v) is 3.68. The molecule has 0 aliphatic carbocycles. The lowest BCUT2D eigenvalue weighted by Gasteiger charge is -1.95. The first-order chi connectivity index (χ1) is 4.20. The van der Waals surface area contributed by atoms with Crippen molar-refractivity contribution in [3.8, 4) is 0 Å². The van der Waals surface area contributed by atoms with Crippen molar-refractivity contribution in [2.24, 2.45) is 0 Å². The van der Waals surface area contributed by atoms with Gasteiger partial charge in [0, 0.05) is 15.1 Å². The molecule has 1 aromatic rings. The lowest BCUT2D eigenvalue weighted by molar-refractivity contribution is 1.42. The minimum Gasteiger partial charge on any atom is -0.399 e. The number of hydrogen-bond donors (Lipinski definition) is 2. The molecule has 0 bridgehead atoms. The van der Waals surface area contributed by atoms with Gasteiger partial charge in [-0.3, -0.25) is 0 Å². The molecule has 0 saturated carbocycles. The lowest BCUT2D eigenvalue weighted by atomic mass is 10.3. The maximum Gasteiger partial charge on any atom is 0.0329 e. The van der Waals surface area contributed by atoms with Gasteiger partial charge in [0.05, 0.1) is 0 Å². The van der Waals surface area contributed by atoms with Crippen LogP contribution in [0.4, 0.5) is 5.69 Å². The standard InChI is InChI=1S/C6H6BrNS/c7-5-3-4(8)1-2-6(5)9/h1-3,9H,8H2. The molecule has 2 N–H and O–H groups in total. The molecule has 0 heterocycles. The summed E-state index contributed by atoms with van der Waals surface area (Å²) in [4.78, 5) is 0.907. The van der Waals surface area contributed by atoms with Gasteiger partial charge in [-0.25, -0.2) is 0 Å². The van der Waals surface area contributed by atoms with Crippen LogP contribution in [0.15, 0.2) is 27.6 Å². The Hall–Kier alpha value is -0.150. The van der Waals surface area contributed by atoms with Crippen molar-refractivity contribution in [3.05, 3.63) is 22.7 Å². The van der Waals surface area contributed by atoms with Crippen molar-refractivity contribution >= 4 is 34.2 Å². The van der Waals surface area contributed by atoms with Crippen molar-refractivity contribution in [3.63, 3.8) is 0 Å². The zero-order valence-electron chi connectivity index (χ0n) is 4.63. The summed E-state index contributed by atoms with van der Waals surface area (Å²) in [6, 6.07) is 5.48. The zero-order valence-corrected chi connectivity index (χ0v) is 7.12. The number of thiol groups is 1. The van der Waals surface area contributed by atoms with E-state index in [0.29, 0.717) is 0 Å². The molecule has 0 radical (unpaired) electrons. The number of halogens is 1. The Kier molecular flexibility index (Phi) is 2.03. The molecule has 0 aliphatic rings. The molecule has 9 heavy (non-hydrogen) atoms. The van der Waals surface area contributed by atoms with Crippen LogP contribution in [0, 0.1) is 0 Å². The largest absolute Gasteiger partial charge is 0.399 e. The average molecular weight is 204 g/mol. The minimum atomic E-state index is 0.750. The van der Waals surface area contributed by atoms with Gasteiger partial charge < -0.3 is 5.73 Å². The summed E-state index contributed by atoms with van der Waals surface area (Å²) < 4.78 is 0.936. The molecule has 0 spiro atoms. The van der Waals surface area contributed by atoms with E-state index < -0.39 is 0 Å². The number of anilines is 1. The normalized spacial score (nSPS) is 9.56. The van der Waals surface area contributed by atoms with E-state index in [2.05, 4.69) is 28.6 Å². The second-order valence-corrected chi connectivity index (χ2v) is 3.05. The third-order valence-electron chi connectivity index (χ3n) is 0.972. The smallest absolute Gasteiger partial charge is 0.0329 e. The average Bonchev–Trinajstić information content (AvgIpc) is 1.80. The van der Waals surface area contributed by atoms with E-state index in [1.54, 1.807) is 0 Å². The maximum atomic E-state index is 5.46. The van der Waals surface area contributed by atoms with Gasteiger partial charge in [0.25, 0.3) is 0 Å². The Labute approximate surface area is 67.8 Å². The fourth-order valence-corrected chi connectivity index (χ4v) is 1.06. The van der Waals surface area contributed by atoms with E-state index in [1.165, 1.54) is 0 Å². The molecule has 1 nitrogen and oxygen atoms in total. The number of nitrogens with two attached hydrogens (primary N) is 1. The predicted octanol–water partition coefficient (Wildman–Crippen LogP) is 2.32. The monoisotopic (exact) mass is 203 g/mol. The van der Waals surface area contributed by atoms with Gasteiger partial charge in [-0.1, -0.05) is 0 Å². The quantitative estimate of drug-likeness (QED) is 0.492. The summed E-state index contributed by atoms with van der Waals surface area (Å²) in [5, 5.41) is 0. The third kappa shape index (κ3) is 1.63. The first kappa shape index (κ1) is 6.96. The van der Waals surface area contributed by atoms with Crippen molar-refractivity contribution in [2.75, 3.05) is 5.73 Å². The molecular weight excluding hydrogens is 198 g/mol. The molecule has 0 atom stereocenters. The van der Waals surface area contributed by atoms with E-state index in [9.17, 15) is 0 Å². The van der Waals surface area contributed by atoms with Crippen LogP contribution < -0.4 is 5.73 Å². The number of nitrogen functional groups attached to an aromatic ring is 1. The number of hydrogen-bond acceptors (Lipinski definition) is 2. The lowest BCUT2D eigenvalue weighted by Crippen LogP contribution is -1.82. The van der Waals surface area contributed by atoms with E-state index >= 15 is 0 Å². The molecule has 1 rings (SSSR count). The van der Waals surface area contributed by atoms with E-state index in [4.69, 9.17) is 5.73 Å². The van der Waals surface area contributed by atoms with Crippen LogP contribution in [-0.4, -0.2) is 0 Å². The van der Waals surface area contributed by atoms with E-state index in [-0.39, 0.29) is 0 Å². The van der Waals surface area contributed by atoms with Crippen LogP contribution in [0.25, 0.3) is 0 Å². The summed E-state index contributed by atoms with van der Waals surface area (Å²) in [5.41, 5.74) is 6.21. The van der Waals surface area contributed by atoms with Gasteiger partial charge in [-0.2, -0.15) is 0 Å². The predicted molar refractivity (Wildman–Crippen MR) is 45.8 cm³/mol. The minimum absolute atomic E-state index is 0.750. The fourth-order valence-electron chi connectivity index (χ4n) is 0.523. The van der Waals surface area contributed by atoms with Gasteiger partial charge in [-0.15, -0.1) is 12.6 Å². The fraction of sp³-hybridized carbons (Fsp3) is 0. The highest BCUT2D eigenvalue weighted by atomic mass is 79.9. The Morgan fingerprint density at radius 3 is 2.56 bits per heavy atom. The molecule has 48 valence electrons. The van der Waals surface area contributed by atoms with E-state index in [0.717, 1.165) is 15.1 Å². The third-order valence-corrected chi connectivity index (χ3v) is 2.32. The van der Waals surface area contributed by atoms with Gasteiger partial charge in [-0.05, 0) is 34.1 Å². The van der Waals surface area contributed by atoms with E-state index in [1.807, 2.05) is 18.2 Å². The summed E-state index contributed by atoms with van der Waals surface area (Å²) in [6.07, 6.45) is 0. The summed E-state index contributed by atoms with van der Waals surface area (Å²) in [7, 11) is 0. The van der Waals surface area contributed by atoms with Crippen molar-refractivity contribution in [1.82, 2.24) is 0 Å². The van der Waals surface area contributed by atoms with Gasteiger partial charge in [0.15, 0.2) is 0 Å². The van der Waals surface area contributed by atoms with Gasteiger partial charge >= 0.3 is 0 Å². The van der Waals surface area contributed by atoms with Crippen LogP contribution >= 0.6 is 28.6 Å². The number of benzene rings is 1. The van der Waals surface area contributed by atoms with Gasteiger partial charge in [0.1, 0.15) is 0 Å². The molecule has 0 aromatic heterocycles. The Bertz CT molecular complexity index is 224. The highest BCUT2D eigenvalue weighted by Gasteiger charge is 1.92. The van der Waals surface area contributed by atoms with Crippen LogP contribution in [0.2, 0.25) is 0 Å². The van der Waals surface area contributed by atoms with Crippen molar-refractivity contribution in [1.29, 1.82) is 0 Å². The van der Waals surface area contributed by atoms with Crippen LogP contribution in [0.1, 0.15) is 0 Å². The van der Waals surface area contributed by atoms with Crippen LogP contribution in [0.3, 0.4) is 0 Å². The summed E-state index contributed by atoms with van der Waals surface area (Å²) in [6.45, 7) is 0. The topological polar surface area (TPSA) is 26.0 Å². The molecule has 0 saturated heterocycles. The Balaban J connectivity index is 3.17. The molecular formula is C6H6BrNS. The van der Waals surface area contributed by atoms with Gasteiger partial charge in [0.2, 0.25) is 0 Å². The summed E-state index contributed by atoms with van der Waals surface area (Å²) in [5.74, 6) is 0. The number of rotatable bonds is 0.